The fraction of sp³-hybridized carbons (Fsp3) is 0.619. The average molecular weight is 386 g/mol. The van der Waals surface area contributed by atoms with Gasteiger partial charge in [0.2, 0.25) is 0 Å². The minimum atomic E-state index is -0.883. The number of carbonyl (C=O) groups excluding carboxylic acids is 2. The Bertz CT molecular complexity index is 533. The summed E-state index contributed by atoms with van der Waals surface area (Å²) in [4.78, 5) is 23.6. The maximum absolute atomic E-state index is 11.9. The summed E-state index contributed by atoms with van der Waals surface area (Å²) in [6.07, 6.45) is 11.0. The molecule has 1 radical (unpaired) electrons. The van der Waals surface area contributed by atoms with Gasteiger partial charge in [0.1, 0.15) is 11.8 Å². The molecule has 0 amide bonds. The van der Waals surface area contributed by atoms with E-state index in [0.717, 1.165) is 24.8 Å². The summed E-state index contributed by atoms with van der Waals surface area (Å²) >= 11 is 0. The van der Waals surface area contributed by atoms with Crippen LogP contribution in [-0.4, -0.2) is 52.6 Å². The van der Waals surface area contributed by atoms with Crippen LogP contribution in [0.1, 0.15) is 76.7 Å². The van der Waals surface area contributed by atoms with Crippen molar-refractivity contribution in [1.82, 2.24) is 0 Å². The van der Waals surface area contributed by atoms with Crippen molar-refractivity contribution in [1.29, 1.82) is 0 Å². The fourth-order valence-corrected chi connectivity index (χ4v) is 2.79. The molecule has 0 aromatic heterocycles. The third kappa shape index (κ3) is 13.0. The van der Waals surface area contributed by atoms with Crippen LogP contribution in [-0.2, 0) is 20.7 Å². The van der Waals surface area contributed by atoms with E-state index in [-0.39, 0.29) is 48.1 Å². The van der Waals surface area contributed by atoms with Crippen LogP contribution in [0.4, 0.5) is 0 Å². The second-order valence-electron chi connectivity index (χ2n) is 6.85. The standard InChI is InChI=1S/C21H33NO4.Na/c1-2-3-4-5-6-7-8-9-10-11-20(24)26-21(25)19(22)16-17-12-14-18(23)15-13-17;/h12-15,19,23H,2-11,16,22H2,1H3;/t19-;/m0./s1. The number of rotatable bonds is 13. The summed E-state index contributed by atoms with van der Waals surface area (Å²) < 4.78 is 4.83. The molecular formula is C21H33NNaO4. The smallest absolute Gasteiger partial charge is 0.330 e. The van der Waals surface area contributed by atoms with E-state index in [9.17, 15) is 14.7 Å². The van der Waals surface area contributed by atoms with Gasteiger partial charge in [-0.15, -0.1) is 0 Å². The van der Waals surface area contributed by atoms with Crippen LogP contribution >= 0.6 is 0 Å². The predicted molar refractivity (Wildman–Crippen MR) is 108 cm³/mol. The molecule has 1 rings (SSSR count). The number of benzene rings is 1. The van der Waals surface area contributed by atoms with Gasteiger partial charge in [0, 0.05) is 36.0 Å². The molecular weight excluding hydrogens is 353 g/mol. The van der Waals surface area contributed by atoms with E-state index in [1.165, 1.54) is 50.7 Å². The number of unbranched alkanes of at least 4 members (excludes halogenated alkanes) is 8. The fourth-order valence-electron chi connectivity index (χ4n) is 2.79. The molecule has 0 aliphatic carbocycles. The number of hydrogen-bond acceptors (Lipinski definition) is 5. The molecule has 0 unspecified atom stereocenters. The van der Waals surface area contributed by atoms with E-state index < -0.39 is 18.0 Å². The molecule has 0 fully saturated rings. The van der Waals surface area contributed by atoms with Crippen LogP contribution in [0.2, 0.25) is 0 Å². The van der Waals surface area contributed by atoms with Crippen LogP contribution < -0.4 is 5.73 Å². The molecule has 147 valence electrons. The number of phenols is 1. The molecule has 0 aliphatic rings. The molecule has 1 aromatic rings. The van der Waals surface area contributed by atoms with Gasteiger partial charge >= 0.3 is 11.9 Å². The maximum Gasteiger partial charge on any atom is 0.330 e. The summed E-state index contributed by atoms with van der Waals surface area (Å²) in [5.74, 6) is -1.04. The van der Waals surface area contributed by atoms with Crippen LogP contribution in [0.5, 0.6) is 5.75 Å². The summed E-state index contributed by atoms with van der Waals surface area (Å²) in [7, 11) is 0. The number of carbonyl (C=O) groups is 2. The molecule has 0 heterocycles. The minimum Gasteiger partial charge on any atom is -0.508 e. The van der Waals surface area contributed by atoms with Crippen molar-refractivity contribution >= 4 is 41.5 Å². The third-order valence-electron chi connectivity index (χ3n) is 4.39. The SMILES string of the molecule is CCCCCCCCCCCC(=O)OC(=O)[C@@H](N)Cc1ccc(O)cc1.[Na]. The Kier molecular flexibility index (Phi) is 15.6. The molecule has 0 saturated carbocycles. The van der Waals surface area contributed by atoms with E-state index in [4.69, 9.17) is 10.5 Å². The quantitative estimate of drug-likeness (QED) is 0.232. The van der Waals surface area contributed by atoms with Gasteiger partial charge < -0.3 is 15.6 Å². The number of hydrogen-bond donors (Lipinski definition) is 2. The number of ether oxygens (including phenoxy) is 1. The Balaban J connectivity index is 0.00000676. The zero-order chi connectivity index (χ0) is 19.2. The average Bonchev–Trinajstić information content (AvgIpc) is 2.62. The number of phenolic OH excluding ortho intramolecular Hbond substituents is 1. The molecule has 1 aromatic carbocycles. The van der Waals surface area contributed by atoms with Crippen molar-refractivity contribution in [2.45, 2.75) is 83.6 Å². The van der Waals surface area contributed by atoms with Crippen molar-refractivity contribution in [3.8, 4) is 5.75 Å². The van der Waals surface area contributed by atoms with Gasteiger partial charge in [0.05, 0.1) is 0 Å². The predicted octanol–water partition coefficient (Wildman–Crippen LogP) is 3.87. The molecule has 3 N–H and O–H groups in total. The van der Waals surface area contributed by atoms with Crippen molar-refractivity contribution in [2.75, 3.05) is 0 Å². The Labute approximate surface area is 185 Å². The Morgan fingerprint density at radius 1 is 0.963 bits per heavy atom. The van der Waals surface area contributed by atoms with E-state index in [1.54, 1.807) is 12.1 Å². The van der Waals surface area contributed by atoms with Gasteiger partial charge in [-0.3, -0.25) is 4.79 Å². The maximum atomic E-state index is 11.9. The first-order valence-corrected chi connectivity index (χ1v) is 9.81. The summed E-state index contributed by atoms with van der Waals surface area (Å²) in [6, 6.07) is 5.55. The Morgan fingerprint density at radius 3 is 2.04 bits per heavy atom. The monoisotopic (exact) mass is 386 g/mol. The van der Waals surface area contributed by atoms with Gasteiger partial charge in [0.15, 0.2) is 0 Å². The molecule has 0 bridgehead atoms. The second kappa shape index (κ2) is 16.1. The third-order valence-corrected chi connectivity index (χ3v) is 4.39. The van der Waals surface area contributed by atoms with Crippen LogP contribution in [0.15, 0.2) is 24.3 Å². The zero-order valence-corrected chi connectivity index (χ0v) is 18.9. The van der Waals surface area contributed by atoms with Crippen molar-refractivity contribution in [3.63, 3.8) is 0 Å². The topological polar surface area (TPSA) is 89.6 Å². The van der Waals surface area contributed by atoms with Crippen LogP contribution in [0, 0.1) is 0 Å². The molecule has 27 heavy (non-hydrogen) atoms. The van der Waals surface area contributed by atoms with Gasteiger partial charge in [0.25, 0.3) is 0 Å². The second-order valence-corrected chi connectivity index (χ2v) is 6.85. The number of nitrogens with two attached hydrogens (primary N) is 1. The Morgan fingerprint density at radius 2 is 1.48 bits per heavy atom. The molecule has 5 nitrogen and oxygen atoms in total. The van der Waals surface area contributed by atoms with Crippen molar-refractivity contribution in [3.05, 3.63) is 29.8 Å². The van der Waals surface area contributed by atoms with E-state index in [2.05, 4.69) is 6.92 Å². The van der Waals surface area contributed by atoms with Gasteiger partial charge in [-0.25, -0.2) is 4.79 Å². The molecule has 0 saturated heterocycles. The first-order valence-electron chi connectivity index (χ1n) is 9.81. The molecule has 0 aliphatic heterocycles. The Hall–Kier alpha value is -0.880. The van der Waals surface area contributed by atoms with Gasteiger partial charge in [-0.05, 0) is 30.5 Å². The summed E-state index contributed by atoms with van der Waals surface area (Å²) in [6.45, 7) is 2.21. The summed E-state index contributed by atoms with van der Waals surface area (Å²) in [5.41, 5.74) is 6.59. The normalized spacial score (nSPS) is 11.5. The number of aromatic hydroxyl groups is 1. The molecule has 6 heteroatoms. The van der Waals surface area contributed by atoms with Crippen molar-refractivity contribution < 1.29 is 19.4 Å². The molecule has 0 spiro atoms. The minimum absolute atomic E-state index is 0. The van der Waals surface area contributed by atoms with E-state index in [0.29, 0.717) is 0 Å². The van der Waals surface area contributed by atoms with Gasteiger partial charge in [-0.1, -0.05) is 70.4 Å². The van der Waals surface area contributed by atoms with Gasteiger partial charge in [-0.2, -0.15) is 0 Å². The largest absolute Gasteiger partial charge is 0.508 e. The first-order chi connectivity index (χ1) is 12.5. The van der Waals surface area contributed by atoms with E-state index in [1.807, 2.05) is 0 Å². The number of esters is 2. The first kappa shape index (κ1) is 26.1. The molecule has 1 atom stereocenters. The zero-order valence-electron chi connectivity index (χ0n) is 16.9. The summed E-state index contributed by atoms with van der Waals surface area (Å²) in [5, 5.41) is 9.24. The van der Waals surface area contributed by atoms with Crippen molar-refractivity contribution in [2.24, 2.45) is 5.73 Å². The van der Waals surface area contributed by atoms with Crippen LogP contribution in [0.3, 0.4) is 0 Å². The van der Waals surface area contributed by atoms with E-state index >= 15 is 0 Å². The van der Waals surface area contributed by atoms with Crippen LogP contribution in [0.25, 0.3) is 0 Å².